The Kier molecular flexibility index (Phi) is 9.42. The van der Waals surface area contributed by atoms with Crippen LogP contribution < -0.4 is 5.32 Å². The van der Waals surface area contributed by atoms with E-state index in [1.54, 1.807) is 0 Å². The molecule has 1 fully saturated rings. The van der Waals surface area contributed by atoms with Crippen molar-refractivity contribution >= 4 is 29.9 Å². The molecule has 0 saturated carbocycles. The predicted octanol–water partition coefficient (Wildman–Crippen LogP) is 3.86. The second kappa shape index (κ2) is 11.5. The summed E-state index contributed by atoms with van der Waals surface area (Å²) in [5.41, 5.74) is 4.83. The number of benzene rings is 1. The predicted molar refractivity (Wildman–Crippen MR) is 129 cm³/mol. The van der Waals surface area contributed by atoms with Gasteiger partial charge in [0.05, 0.1) is 18.8 Å². The monoisotopic (exact) mass is 511 g/mol. The van der Waals surface area contributed by atoms with Crippen molar-refractivity contribution in [3.8, 4) is 0 Å². The molecule has 160 valence electrons. The van der Waals surface area contributed by atoms with Gasteiger partial charge in [-0.25, -0.2) is 0 Å². The first kappa shape index (κ1) is 23.7. The number of aromatic nitrogens is 2. The quantitative estimate of drug-likeness (QED) is 0.277. The van der Waals surface area contributed by atoms with E-state index in [9.17, 15) is 0 Å². The standard InChI is InChI=1S/C22H33N5O.HI/c1-5-23-22(24-11-8-12-27-19(4)15-18(3)25-27)26-13-14-28-21(16-26)20-10-7-6-9-17(20)2;/h6-7,9-10,15,21H,5,8,11-14,16H2,1-4H3,(H,23,24);1H. The van der Waals surface area contributed by atoms with Crippen molar-refractivity contribution in [3.05, 3.63) is 52.8 Å². The van der Waals surface area contributed by atoms with Crippen LogP contribution in [0.2, 0.25) is 0 Å². The highest BCUT2D eigenvalue weighted by Gasteiger charge is 2.25. The number of aryl methyl sites for hydroxylation is 4. The SMILES string of the molecule is CCNC(=NCCCn1nc(C)cc1C)N1CCOC(c2ccccc2C)C1.I. The van der Waals surface area contributed by atoms with Gasteiger partial charge in [0.15, 0.2) is 5.96 Å². The molecule has 3 rings (SSSR count). The Morgan fingerprint density at radius 2 is 2.07 bits per heavy atom. The topological polar surface area (TPSA) is 54.7 Å². The highest BCUT2D eigenvalue weighted by Crippen LogP contribution is 2.25. The largest absolute Gasteiger partial charge is 0.370 e. The molecule has 0 bridgehead atoms. The van der Waals surface area contributed by atoms with Crippen molar-refractivity contribution in [1.82, 2.24) is 20.0 Å². The Bertz CT molecular complexity index is 804. The van der Waals surface area contributed by atoms with Gasteiger partial charge < -0.3 is 15.0 Å². The summed E-state index contributed by atoms with van der Waals surface area (Å²) in [5, 5.41) is 7.98. The maximum Gasteiger partial charge on any atom is 0.194 e. The van der Waals surface area contributed by atoms with Crippen molar-refractivity contribution in [3.63, 3.8) is 0 Å². The molecule has 0 aliphatic carbocycles. The molecule has 1 aromatic heterocycles. The van der Waals surface area contributed by atoms with Crippen molar-refractivity contribution < 1.29 is 4.74 Å². The number of hydrogen-bond acceptors (Lipinski definition) is 3. The van der Waals surface area contributed by atoms with E-state index in [4.69, 9.17) is 9.73 Å². The van der Waals surface area contributed by atoms with Crippen LogP contribution in [0.3, 0.4) is 0 Å². The third-order valence-electron chi connectivity index (χ3n) is 5.13. The van der Waals surface area contributed by atoms with Crippen molar-refractivity contribution in [2.24, 2.45) is 4.99 Å². The van der Waals surface area contributed by atoms with Crippen LogP contribution in [-0.2, 0) is 11.3 Å². The minimum absolute atomic E-state index is 0. The summed E-state index contributed by atoms with van der Waals surface area (Å²) in [6.07, 6.45) is 1.07. The second-order valence-corrected chi connectivity index (χ2v) is 7.40. The van der Waals surface area contributed by atoms with Gasteiger partial charge in [-0.1, -0.05) is 24.3 Å². The van der Waals surface area contributed by atoms with E-state index in [1.807, 2.05) is 6.92 Å². The third kappa shape index (κ3) is 6.44. The molecule has 1 aliphatic heterocycles. The number of rotatable bonds is 6. The number of nitrogens with zero attached hydrogens (tertiary/aromatic N) is 4. The van der Waals surface area contributed by atoms with E-state index in [2.05, 4.69) is 71.1 Å². The molecular formula is C22H34IN5O. The van der Waals surface area contributed by atoms with Gasteiger partial charge in [0.25, 0.3) is 0 Å². The molecule has 1 unspecified atom stereocenters. The number of nitrogens with one attached hydrogen (secondary N) is 1. The van der Waals surface area contributed by atoms with Crippen LogP contribution in [0.1, 0.15) is 42.0 Å². The molecule has 1 atom stereocenters. The van der Waals surface area contributed by atoms with Crippen LogP contribution in [0.4, 0.5) is 0 Å². The first-order valence-electron chi connectivity index (χ1n) is 10.3. The summed E-state index contributed by atoms with van der Waals surface area (Å²) in [7, 11) is 0. The zero-order valence-corrected chi connectivity index (χ0v) is 20.3. The van der Waals surface area contributed by atoms with Gasteiger partial charge in [0, 0.05) is 31.9 Å². The van der Waals surface area contributed by atoms with Gasteiger partial charge in [-0.3, -0.25) is 9.67 Å². The zero-order valence-electron chi connectivity index (χ0n) is 18.0. The van der Waals surface area contributed by atoms with Crippen LogP contribution in [0, 0.1) is 20.8 Å². The summed E-state index contributed by atoms with van der Waals surface area (Å²) in [6, 6.07) is 10.6. The van der Waals surface area contributed by atoms with E-state index in [0.717, 1.165) is 57.4 Å². The number of aliphatic imine (C=N–C) groups is 1. The van der Waals surface area contributed by atoms with Gasteiger partial charge in [-0.15, -0.1) is 24.0 Å². The molecule has 2 heterocycles. The molecule has 29 heavy (non-hydrogen) atoms. The van der Waals surface area contributed by atoms with Crippen LogP contribution in [0.15, 0.2) is 35.3 Å². The second-order valence-electron chi connectivity index (χ2n) is 7.40. The van der Waals surface area contributed by atoms with Gasteiger partial charge in [-0.05, 0) is 51.3 Å². The molecule has 0 amide bonds. The Hall–Kier alpha value is -1.61. The Balaban J connectivity index is 0.00000300. The summed E-state index contributed by atoms with van der Waals surface area (Å²) in [5.74, 6) is 0.984. The Morgan fingerprint density at radius 1 is 1.28 bits per heavy atom. The van der Waals surface area contributed by atoms with Crippen molar-refractivity contribution in [1.29, 1.82) is 0 Å². The van der Waals surface area contributed by atoms with E-state index in [1.165, 1.54) is 16.8 Å². The van der Waals surface area contributed by atoms with Crippen LogP contribution in [0.5, 0.6) is 0 Å². The lowest BCUT2D eigenvalue weighted by Gasteiger charge is -2.35. The highest BCUT2D eigenvalue weighted by molar-refractivity contribution is 14.0. The smallest absolute Gasteiger partial charge is 0.194 e. The molecule has 6 nitrogen and oxygen atoms in total. The fraction of sp³-hybridized carbons (Fsp3) is 0.545. The average Bonchev–Trinajstić information content (AvgIpc) is 3.02. The lowest BCUT2D eigenvalue weighted by atomic mass is 10.0. The zero-order chi connectivity index (χ0) is 19.9. The van der Waals surface area contributed by atoms with E-state index >= 15 is 0 Å². The molecule has 7 heteroatoms. The van der Waals surface area contributed by atoms with Crippen LogP contribution in [-0.4, -0.2) is 53.4 Å². The van der Waals surface area contributed by atoms with Gasteiger partial charge in [-0.2, -0.15) is 5.10 Å². The van der Waals surface area contributed by atoms with Crippen LogP contribution in [0.25, 0.3) is 0 Å². The first-order valence-corrected chi connectivity index (χ1v) is 10.3. The van der Waals surface area contributed by atoms with Gasteiger partial charge in [0.2, 0.25) is 0 Å². The van der Waals surface area contributed by atoms with Crippen molar-refractivity contribution in [2.45, 2.75) is 46.8 Å². The molecule has 1 N–H and O–H groups in total. The molecule has 0 spiro atoms. The summed E-state index contributed by atoms with van der Waals surface area (Å²) in [4.78, 5) is 7.20. The lowest BCUT2D eigenvalue weighted by Crippen LogP contribution is -2.48. The average molecular weight is 511 g/mol. The number of guanidine groups is 1. The molecule has 1 aromatic carbocycles. The molecule has 1 aliphatic rings. The number of morpholine rings is 1. The van der Waals surface area contributed by atoms with E-state index in [-0.39, 0.29) is 30.1 Å². The van der Waals surface area contributed by atoms with E-state index in [0.29, 0.717) is 0 Å². The molecule has 1 saturated heterocycles. The number of hydrogen-bond donors (Lipinski definition) is 1. The first-order chi connectivity index (χ1) is 13.6. The van der Waals surface area contributed by atoms with E-state index < -0.39 is 0 Å². The number of halogens is 1. The highest BCUT2D eigenvalue weighted by atomic mass is 127. The Labute approximate surface area is 191 Å². The molecular weight excluding hydrogens is 477 g/mol. The fourth-order valence-electron chi connectivity index (χ4n) is 3.71. The Morgan fingerprint density at radius 3 is 2.76 bits per heavy atom. The lowest BCUT2D eigenvalue weighted by molar-refractivity contribution is -0.00832. The number of ether oxygens (including phenoxy) is 1. The normalized spacial score (nSPS) is 17.2. The maximum absolute atomic E-state index is 6.07. The minimum atomic E-state index is 0. The summed E-state index contributed by atoms with van der Waals surface area (Å²) >= 11 is 0. The minimum Gasteiger partial charge on any atom is -0.370 e. The van der Waals surface area contributed by atoms with Gasteiger partial charge >= 0.3 is 0 Å². The van der Waals surface area contributed by atoms with Crippen molar-refractivity contribution in [2.75, 3.05) is 32.8 Å². The molecule has 2 aromatic rings. The van der Waals surface area contributed by atoms with Crippen LogP contribution >= 0.6 is 24.0 Å². The maximum atomic E-state index is 6.07. The van der Waals surface area contributed by atoms with Gasteiger partial charge in [0.1, 0.15) is 6.10 Å². The molecule has 0 radical (unpaired) electrons. The summed E-state index contributed by atoms with van der Waals surface area (Å²) in [6.45, 7) is 13.4. The summed E-state index contributed by atoms with van der Waals surface area (Å²) < 4.78 is 8.14. The third-order valence-corrected chi connectivity index (χ3v) is 5.13. The fourth-order valence-corrected chi connectivity index (χ4v) is 3.71.